The highest BCUT2D eigenvalue weighted by molar-refractivity contribution is 6.02. The molecule has 0 saturated carbocycles. The minimum atomic E-state index is -0.567. The first-order valence-corrected chi connectivity index (χ1v) is 9.60. The molecule has 152 valence electrons. The van der Waals surface area contributed by atoms with Crippen LogP contribution in [0.1, 0.15) is 46.4 Å². The lowest BCUT2D eigenvalue weighted by Gasteiger charge is -2.32. The summed E-state index contributed by atoms with van der Waals surface area (Å²) in [5.74, 6) is -1.21. The van der Waals surface area contributed by atoms with Gasteiger partial charge in [-0.15, -0.1) is 0 Å². The summed E-state index contributed by atoms with van der Waals surface area (Å²) in [6, 6.07) is 12.0. The van der Waals surface area contributed by atoms with Gasteiger partial charge in [-0.2, -0.15) is 0 Å². The van der Waals surface area contributed by atoms with Gasteiger partial charge in [0.05, 0.1) is 18.9 Å². The van der Waals surface area contributed by atoms with Gasteiger partial charge in [-0.05, 0) is 41.0 Å². The van der Waals surface area contributed by atoms with Gasteiger partial charge in [0.1, 0.15) is 0 Å². The molecular weight excluding hydrogens is 384 g/mol. The predicted molar refractivity (Wildman–Crippen MR) is 109 cm³/mol. The number of hydrogen-bond donors (Lipinski definition) is 1. The number of ether oxygens (including phenoxy) is 1. The Morgan fingerprint density at radius 3 is 2.77 bits per heavy atom. The minimum Gasteiger partial charge on any atom is -0.457 e. The van der Waals surface area contributed by atoms with Crippen LogP contribution in [-0.4, -0.2) is 35.1 Å². The quantitative estimate of drug-likeness (QED) is 0.611. The lowest BCUT2D eigenvalue weighted by molar-refractivity contribution is -0.144. The molecule has 0 unspecified atom stereocenters. The third kappa shape index (κ3) is 3.87. The number of fused-ring (bicyclic) bond motifs is 2. The molecule has 0 aliphatic carbocycles. The van der Waals surface area contributed by atoms with E-state index in [9.17, 15) is 19.2 Å². The summed E-state index contributed by atoms with van der Waals surface area (Å²) >= 11 is 0. The van der Waals surface area contributed by atoms with Crippen molar-refractivity contribution in [3.63, 3.8) is 0 Å². The Hall–Kier alpha value is -3.74. The highest BCUT2D eigenvalue weighted by Gasteiger charge is 2.29. The number of nitrogens with zero attached hydrogens (tertiary/aromatic N) is 1. The van der Waals surface area contributed by atoms with Crippen molar-refractivity contribution in [3.8, 4) is 0 Å². The van der Waals surface area contributed by atoms with E-state index in [-0.39, 0.29) is 30.4 Å². The number of ketones is 1. The highest BCUT2D eigenvalue weighted by atomic mass is 16.5. The molecular formula is C23H20N2O5. The number of rotatable bonds is 5. The molecule has 0 fully saturated rings. The Morgan fingerprint density at radius 2 is 1.97 bits per heavy atom. The average molecular weight is 404 g/mol. The summed E-state index contributed by atoms with van der Waals surface area (Å²) in [5.41, 5.74) is 3.62. The Morgan fingerprint density at radius 1 is 1.17 bits per heavy atom. The van der Waals surface area contributed by atoms with E-state index >= 15 is 0 Å². The van der Waals surface area contributed by atoms with Gasteiger partial charge < -0.3 is 15.0 Å². The number of amides is 2. The van der Waals surface area contributed by atoms with E-state index < -0.39 is 18.6 Å². The predicted octanol–water partition coefficient (Wildman–Crippen LogP) is 2.87. The third-order valence-electron chi connectivity index (χ3n) is 5.25. The molecule has 2 heterocycles. The smallest absolute Gasteiger partial charge is 0.308 e. The number of hydrogen-bond acceptors (Lipinski definition) is 5. The minimum absolute atomic E-state index is 0.0587. The second kappa shape index (κ2) is 7.94. The standard InChI is InChI=1S/C23H20N2O5/c1-14(26)25-9-8-15-4-2-3-5-18(15)20(25)12-23(29)30-13-21(27)16-6-7-19-17(10-16)11-22(28)24-19/h2-10,20H,11-13H2,1H3,(H,24,28)/t20-/m0/s1. The first kappa shape index (κ1) is 19.6. The summed E-state index contributed by atoms with van der Waals surface area (Å²) in [5, 5.41) is 2.71. The number of carbonyl (C=O) groups is 4. The van der Waals surface area contributed by atoms with Crippen LogP contribution in [0, 0.1) is 0 Å². The molecule has 2 aliphatic heterocycles. The van der Waals surface area contributed by atoms with Crippen molar-refractivity contribution in [2.45, 2.75) is 25.8 Å². The monoisotopic (exact) mass is 404 g/mol. The van der Waals surface area contributed by atoms with Gasteiger partial charge in [-0.1, -0.05) is 24.3 Å². The van der Waals surface area contributed by atoms with Crippen LogP contribution in [-0.2, 0) is 25.5 Å². The number of carbonyl (C=O) groups excluding carboxylic acids is 4. The molecule has 2 aromatic carbocycles. The molecule has 2 aliphatic rings. The first-order valence-electron chi connectivity index (χ1n) is 9.60. The van der Waals surface area contributed by atoms with E-state index in [0.717, 1.165) is 16.7 Å². The molecule has 4 rings (SSSR count). The van der Waals surface area contributed by atoms with E-state index in [4.69, 9.17) is 4.74 Å². The van der Waals surface area contributed by atoms with Crippen LogP contribution in [0.2, 0.25) is 0 Å². The van der Waals surface area contributed by atoms with Crippen molar-refractivity contribution >= 4 is 35.3 Å². The molecule has 1 N–H and O–H groups in total. The van der Waals surface area contributed by atoms with Crippen LogP contribution in [0.5, 0.6) is 0 Å². The number of Topliss-reactive ketones (excluding diaryl/α,β-unsaturated/α-hetero) is 1. The van der Waals surface area contributed by atoms with Gasteiger partial charge >= 0.3 is 5.97 Å². The zero-order valence-electron chi connectivity index (χ0n) is 16.4. The number of esters is 1. The Labute approximate surface area is 173 Å². The summed E-state index contributed by atoms with van der Waals surface area (Å²) in [6.45, 7) is 1.04. The molecule has 2 aromatic rings. The summed E-state index contributed by atoms with van der Waals surface area (Å²) in [6.07, 6.45) is 3.66. The van der Waals surface area contributed by atoms with Crippen molar-refractivity contribution in [1.29, 1.82) is 0 Å². The normalized spacial score (nSPS) is 16.5. The number of benzene rings is 2. The molecule has 2 amide bonds. The van der Waals surface area contributed by atoms with Gasteiger partial charge in [0, 0.05) is 24.4 Å². The number of anilines is 1. The van der Waals surface area contributed by atoms with Gasteiger partial charge in [0.15, 0.2) is 12.4 Å². The molecule has 0 aromatic heterocycles. The maximum absolute atomic E-state index is 12.5. The van der Waals surface area contributed by atoms with E-state index in [1.54, 1.807) is 24.4 Å². The average Bonchev–Trinajstić information content (AvgIpc) is 3.11. The Bertz CT molecular complexity index is 1090. The van der Waals surface area contributed by atoms with Crippen molar-refractivity contribution in [2.24, 2.45) is 0 Å². The molecule has 1 atom stereocenters. The second-order valence-corrected chi connectivity index (χ2v) is 7.27. The van der Waals surface area contributed by atoms with E-state index in [1.165, 1.54) is 11.8 Å². The molecule has 0 saturated heterocycles. The van der Waals surface area contributed by atoms with Crippen LogP contribution in [0.3, 0.4) is 0 Å². The van der Waals surface area contributed by atoms with Gasteiger partial charge in [0.2, 0.25) is 11.8 Å². The van der Waals surface area contributed by atoms with Crippen molar-refractivity contribution in [2.75, 3.05) is 11.9 Å². The Balaban J connectivity index is 1.41. The highest BCUT2D eigenvalue weighted by Crippen LogP contribution is 2.33. The summed E-state index contributed by atoms with van der Waals surface area (Å²) in [7, 11) is 0. The Kier molecular flexibility index (Phi) is 5.18. The van der Waals surface area contributed by atoms with Crippen LogP contribution >= 0.6 is 0 Å². The number of nitrogens with one attached hydrogen (secondary N) is 1. The topological polar surface area (TPSA) is 92.8 Å². The molecule has 0 bridgehead atoms. The summed E-state index contributed by atoms with van der Waals surface area (Å²) in [4.78, 5) is 49.9. The lowest BCUT2D eigenvalue weighted by atomic mass is 9.94. The van der Waals surface area contributed by atoms with Crippen molar-refractivity contribution in [3.05, 3.63) is 70.9 Å². The largest absolute Gasteiger partial charge is 0.457 e. The second-order valence-electron chi connectivity index (χ2n) is 7.27. The molecule has 30 heavy (non-hydrogen) atoms. The van der Waals surface area contributed by atoms with Crippen LogP contribution in [0.25, 0.3) is 6.08 Å². The fourth-order valence-electron chi connectivity index (χ4n) is 3.76. The maximum atomic E-state index is 12.5. The van der Waals surface area contributed by atoms with Crippen molar-refractivity contribution in [1.82, 2.24) is 4.90 Å². The van der Waals surface area contributed by atoms with Crippen LogP contribution in [0.4, 0.5) is 5.69 Å². The molecule has 7 heteroatoms. The SMILES string of the molecule is CC(=O)N1C=Cc2ccccc2[C@@H]1CC(=O)OCC(=O)c1ccc2c(c1)CC(=O)N2. The fraction of sp³-hybridized carbons (Fsp3) is 0.217. The summed E-state index contributed by atoms with van der Waals surface area (Å²) < 4.78 is 5.21. The lowest BCUT2D eigenvalue weighted by Crippen LogP contribution is -2.32. The molecule has 0 radical (unpaired) electrons. The fourth-order valence-corrected chi connectivity index (χ4v) is 3.76. The maximum Gasteiger partial charge on any atom is 0.308 e. The van der Waals surface area contributed by atoms with E-state index in [2.05, 4.69) is 5.32 Å². The first-order chi connectivity index (χ1) is 14.4. The van der Waals surface area contributed by atoms with E-state index in [0.29, 0.717) is 11.3 Å². The zero-order chi connectivity index (χ0) is 21.3. The molecule has 0 spiro atoms. The zero-order valence-corrected chi connectivity index (χ0v) is 16.4. The van der Waals surface area contributed by atoms with Gasteiger partial charge in [0.25, 0.3) is 0 Å². The van der Waals surface area contributed by atoms with Crippen LogP contribution in [0.15, 0.2) is 48.7 Å². The van der Waals surface area contributed by atoms with Crippen molar-refractivity contribution < 1.29 is 23.9 Å². The third-order valence-corrected chi connectivity index (χ3v) is 5.25. The van der Waals surface area contributed by atoms with Crippen LogP contribution < -0.4 is 5.32 Å². The molecule has 7 nitrogen and oxygen atoms in total. The van der Waals surface area contributed by atoms with Gasteiger partial charge in [-0.25, -0.2) is 0 Å². The van der Waals surface area contributed by atoms with E-state index in [1.807, 2.05) is 30.3 Å². The van der Waals surface area contributed by atoms with Gasteiger partial charge in [-0.3, -0.25) is 19.2 Å².